The minimum atomic E-state index is -0.728. The predicted octanol–water partition coefficient (Wildman–Crippen LogP) is -2.96. The second-order valence-electron chi connectivity index (χ2n) is 3.98. The number of ether oxygens (including phenoxy) is 2. The third-order valence-electron chi connectivity index (χ3n) is 2.71. The summed E-state index contributed by atoms with van der Waals surface area (Å²) in [6.45, 7) is 0.388. The molecule has 0 fully saturated rings. The molecule has 0 heterocycles. The lowest BCUT2D eigenvalue weighted by Gasteiger charge is -2.22. The molecule has 1 amide bonds. The highest BCUT2D eigenvalue weighted by Crippen LogP contribution is 2.05. The van der Waals surface area contributed by atoms with Gasteiger partial charge >= 0.3 is 12.1 Å². The zero-order valence-electron chi connectivity index (χ0n) is 11.5. The number of benzene rings is 1. The first-order valence-corrected chi connectivity index (χ1v) is 5.90. The van der Waals surface area contributed by atoms with Gasteiger partial charge < -0.3 is 27.6 Å². The van der Waals surface area contributed by atoms with Gasteiger partial charge in [0.05, 0.1) is 7.11 Å². The largest absolute Gasteiger partial charge is 1.00 e. The molecule has 1 unspecified atom stereocenters. The van der Waals surface area contributed by atoms with Crippen molar-refractivity contribution in [3.05, 3.63) is 35.9 Å². The van der Waals surface area contributed by atoms with Crippen molar-refractivity contribution in [2.45, 2.75) is 12.6 Å². The molecule has 0 saturated carbocycles. The Morgan fingerprint density at radius 1 is 1.30 bits per heavy atom. The first kappa shape index (κ1) is 18.2. The fraction of sp³-hybridized carbons (Fsp3) is 0.385. The van der Waals surface area contributed by atoms with Crippen LogP contribution in [0.5, 0.6) is 0 Å². The van der Waals surface area contributed by atoms with Gasteiger partial charge in [0.25, 0.3) is 0 Å². The summed E-state index contributed by atoms with van der Waals surface area (Å²) in [4.78, 5) is 24.5. The molecule has 3 N–H and O–H groups in total. The van der Waals surface area contributed by atoms with E-state index in [-0.39, 0.29) is 25.6 Å². The Morgan fingerprint density at radius 3 is 2.40 bits per heavy atom. The number of esters is 1. The smallest absolute Gasteiger partial charge is 0.410 e. The number of amides is 1. The lowest BCUT2D eigenvalue weighted by molar-refractivity contribution is -0.374. The summed E-state index contributed by atoms with van der Waals surface area (Å²) in [7, 11) is 2.76. The van der Waals surface area contributed by atoms with Gasteiger partial charge in [0.1, 0.15) is 13.2 Å². The molecule has 0 saturated heterocycles. The molecular formula is C13H19ClN2O4. The van der Waals surface area contributed by atoms with Crippen LogP contribution in [-0.4, -0.2) is 43.7 Å². The molecule has 0 aliphatic carbocycles. The molecule has 1 atom stereocenters. The summed E-state index contributed by atoms with van der Waals surface area (Å²) in [5.74, 6) is -0.505. The maximum absolute atomic E-state index is 11.8. The number of methoxy groups -OCH3 is 1. The molecule has 112 valence electrons. The van der Waals surface area contributed by atoms with E-state index >= 15 is 0 Å². The average molecular weight is 303 g/mol. The van der Waals surface area contributed by atoms with Crippen molar-refractivity contribution in [2.75, 3.05) is 20.7 Å². The van der Waals surface area contributed by atoms with Gasteiger partial charge in [0.15, 0.2) is 6.04 Å². The molecular weight excluding hydrogens is 284 g/mol. The number of nitrogens with zero attached hydrogens (tertiary/aromatic N) is 1. The van der Waals surface area contributed by atoms with Crippen LogP contribution in [-0.2, 0) is 20.9 Å². The topological polar surface area (TPSA) is 83.5 Å². The van der Waals surface area contributed by atoms with E-state index in [2.05, 4.69) is 10.5 Å². The van der Waals surface area contributed by atoms with Crippen molar-refractivity contribution in [1.29, 1.82) is 0 Å². The number of carbonyl (C=O) groups is 2. The lowest BCUT2D eigenvalue weighted by atomic mass is 10.2. The Hall–Kier alpha value is -1.79. The van der Waals surface area contributed by atoms with Crippen molar-refractivity contribution in [3.8, 4) is 0 Å². The van der Waals surface area contributed by atoms with Crippen molar-refractivity contribution in [2.24, 2.45) is 0 Å². The minimum absolute atomic E-state index is 0. The number of quaternary nitrogens is 1. The molecule has 0 spiro atoms. The van der Waals surface area contributed by atoms with Gasteiger partial charge in [-0.05, 0) is 5.56 Å². The van der Waals surface area contributed by atoms with E-state index in [1.165, 1.54) is 19.1 Å². The quantitative estimate of drug-likeness (QED) is 0.589. The molecule has 7 heteroatoms. The summed E-state index contributed by atoms with van der Waals surface area (Å²) in [6.07, 6.45) is -0.581. The Labute approximate surface area is 124 Å². The Bertz CT molecular complexity index is 428. The fourth-order valence-corrected chi connectivity index (χ4v) is 1.55. The predicted molar refractivity (Wildman–Crippen MR) is 67.9 cm³/mol. The molecule has 0 radical (unpaired) electrons. The van der Waals surface area contributed by atoms with Crippen LogP contribution in [0.25, 0.3) is 0 Å². The van der Waals surface area contributed by atoms with E-state index in [1.807, 2.05) is 30.3 Å². The number of hydrogen-bond donors (Lipinski definition) is 1. The highest BCUT2D eigenvalue weighted by Gasteiger charge is 2.29. The van der Waals surface area contributed by atoms with E-state index in [0.29, 0.717) is 0 Å². The Kier molecular flexibility index (Phi) is 8.35. The van der Waals surface area contributed by atoms with Crippen LogP contribution in [0.1, 0.15) is 5.56 Å². The molecule has 1 rings (SSSR count). The van der Waals surface area contributed by atoms with E-state index in [1.54, 1.807) is 0 Å². The summed E-state index contributed by atoms with van der Waals surface area (Å²) >= 11 is 0. The van der Waals surface area contributed by atoms with Crippen molar-refractivity contribution >= 4 is 12.1 Å². The normalized spacial score (nSPS) is 10.9. The standard InChI is InChI=1S/C13H18N2O4.ClH/c1-15(11(8-14)12(16)18-2)13(17)19-9-10-6-4-3-5-7-10;/h3-7,11H,8-9,14H2,1-2H3;1H. The van der Waals surface area contributed by atoms with Crippen LogP contribution >= 0.6 is 0 Å². The highest BCUT2D eigenvalue weighted by atomic mass is 35.5. The molecule has 1 aromatic carbocycles. The number of halogens is 1. The summed E-state index contributed by atoms with van der Waals surface area (Å²) in [5, 5.41) is 0. The highest BCUT2D eigenvalue weighted by molar-refractivity contribution is 5.81. The molecule has 0 bridgehead atoms. The maximum Gasteiger partial charge on any atom is 0.410 e. The summed E-state index contributed by atoms with van der Waals surface area (Å²) in [5.41, 5.74) is 4.51. The minimum Gasteiger partial charge on any atom is -1.00 e. The van der Waals surface area contributed by atoms with E-state index in [0.717, 1.165) is 5.56 Å². The maximum atomic E-state index is 11.8. The van der Waals surface area contributed by atoms with Crippen LogP contribution in [0.15, 0.2) is 30.3 Å². The summed E-state index contributed by atoms with van der Waals surface area (Å²) < 4.78 is 9.73. The number of hydrogen-bond acceptors (Lipinski definition) is 4. The Morgan fingerprint density at radius 2 is 1.90 bits per heavy atom. The lowest BCUT2D eigenvalue weighted by Crippen LogP contribution is -3.00. The number of carbonyl (C=O) groups excluding carboxylic acids is 2. The van der Waals surface area contributed by atoms with Crippen LogP contribution in [0, 0.1) is 0 Å². The van der Waals surface area contributed by atoms with Crippen molar-refractivity contribution in [1.82, 2.24) is 4.90 Å². The second-order valence-corrected chi connectivity index (χ2v) is 3.98. The van der Waals surface area contributed by atoms with Gasteiger partial charge in [0.2, 0.25) is 0 Å². The average Bonchev–Trinajstić information content (AvgIpc) is 2.46. The first-order chi connectivity index (χ1) is 9.10. The van der Waals surface area contributed by atoms with Crippen molar-refractivity contribution < 1.29 is 37.2 Å². The molecule has 0 aliphatic rings. The zero-order valence-corrected chi connectivity index (χ0v) is 12.3. The van der Waals surface area contributed by atoms with Gasteiger partial charge in [-0.25, -0.2) is 9.59 Å². The van der Waals surface area contributed by atoms with Crippen LogP contribution in [0.3, 0.4) is 0 Å². The third-order valence-corrected chi connectivity index (χ3v) is 2.71. The number of rotatable bonds is 5. The zero-order chi connectivity index (χ0) is 14.3. The molecule has 6 nitrogen and oxygen atoms in total. The van der Waals surface area contributed by atoms with Gasteiger partial charge in [-0.3, -0.25) is 4.90 Å². The molecule has 1 aromatic rings. The van der Waals surface area contributed by atoms with Gasteiger partial charge in [0, 0.05) is 7.05 Å². The third kappa shape index (κ3) is 5.07. The molecule has 0 aliphatic heterocycles. The second kappa shape index (κ2) is 9.17. The van der Waals surface area contributed by atoms with Crippen LogP contribution < -0.4 is 18.1 Å². The number of likely N-dealkylation sites (N-methyl/N-ethyl adjacent to an activating group) is 1. The SMILES string of the molecule is COC(=O)C(C[NH3+])N(C)C(=O)OCc1ccccc1.[Cl-]. The van der Waals surface area contributed by atoms with Gasteiger partial charge in [-0.15, -0.1) is 0 Å². The fourth-order valence-electron chi connectivity index (χ4n) is 1.55. The van der Waals surface area contributed by atoms with Crippen molar-refractivity contribution in [3.63, 3.8) is 0 Å². The molecule has 20 heavy (non-hydrogen) atoms. The van der Waals surface area contributed by atoms with E-state index in [9.17, 15) is 9.59 Å². The van der Waals surface area contributed by atoms with Gasteiger partial charge in [-0.1, -0.05) is 30.3 Å². The Balaban J connectivity index is 0.00000361. The van der Waals surface area contributed by atoms with Crippen LogP contribution in [0.4, 0.5) is 4.79 Å². The van der Waals surface area contributed by atoms with Crippen LogP contribution in [0.2, 0.25) is 0 Å². The monoisotopic (exact) mass is 302 g/mol. The first-order valence-electron chi connectivity index (χ1n) is 5.90. The van der Waals surface area contributed by atoms with Gasteiger partial charge in [-0.2, -0.15) is 0 Å². The molecule has 0 aromatic heterocycles. The summed E-state index contributed by atoms with van der Waals surface area (Å²) in [6, 6.07) is 8.58. The van der Waals surface area contributed by atoms with E-state index < -0.39 is 18.1 Å². The van der Waals surface area contributed by atoms with E-state index in [4.69, 9.17) is 4.74 Å².